The molecule has 1 aromatic carbocycles. The summed E-state index contributed by atoms with van der Waals surface area (Å²) in [5, 5.41) is 3.21. The van der Waals surface area contributed by atoms with Crippen LogP contribution in [0, 0.1) is 5.82 Å². The number of nitrogens with one attached hydrogen (secondary N) is 1. The maximum absolute atomic E-state index is 14.3. The maximum Gasteiger partial charge on any atom is 0.161 e. The molecule has 0 aromatic heterocycles. The third kappa shape index (κ3) is 3.68. The highest BCUT2D eigenvalue weighted by Gasteiger charge is 2.17. The summed E-state index contributed by atoms with van der Waals surface area (Å²) in [7, 11) is 0. The van der Waals surface area contributed by atoms with Crippen molar-refractivity contribution in [1.29, 1.82) is 0 Å². The lowest BCUT2D eigenvalue weighted by atomic mass is 10.2. The van der Waals surface area contributed by atoms with Crippen LogP contribution in [-0.2, 0) is 0 Å². The third-order valence-electron chi connectivity index (χ3n) is 3.48. The molecule has 1 atom stereocenters. The van der Waals surface area contributed by atoms with E-state index in [0.29, 0.717) is 15.7 Å². The SMILES string of the molecule is CC(CN1CCCC1)Nc1ccc(C(N)=S)c(Br)c1F. The number of hydrogen-bond donors (Lipinski definition) is 2. The zero-order chi connectivity index (χ0) is 14.7. The second-order valence-electron chi connectivity index (χ2n) is 5.21. The van der Waals surface area contributed by atoms with Crippen LogP contribution in [0.3, 0.4) is 0 Å². The fourth-order valence-corrected chi connectivity index (χ4v) is 3.38. The molecule has 0 spiro atoms. The molecule has 1 aromatic rings. The van der Waals surface area contributed by atoms with Crippen LogP contribution in [0.2, 0.25) is 0 Å². The fraction of sp³-hybridized carbons (Fsp3) is 0.500. The Morgan fingerprint density at radius 2 is 2.15 bits per heavy atom. The summed E-state index contributed by atoms with van der Waals surface area (Å²) in [6, 6.07) is 3.61. The Bertz CT molecular complexity index is 503. The Kier molecular flexibility index (Phi) is 5.35. The number of likely N-dealkylation sites (tertiary alicyclic amines) is 1. The maximum atomic E-state index is 14.3. The second kappa shape index (κ2) is 6.83. The Morgan fingerprint density at radius 1 is 1.50 bits per heavy atom. The third-order valence-corrected chi connectivity index (χ3v) is 4.48. The van der Waals surface area contributed by atoms with Gasteiger partial charge in [-0.1, -0.05) is 12.2 Å². The van der Waals surface area contributed by atoms with E-state index in [4.69, 9.17) is 18.0 Å². The van der Waals surface area contributed by atoms with E-state index in [-0.39, 0.29) is 16.8 Å². The van der Waals surface area contributed by atoms with Crippen LogP contribution in [0.5, 0.6) is 0 Å². The van der Waals surface area contributed by atoms with Crippen molar-refractivity contribution in [3.05, 3.63) is 28.0 Å². The molecule has 110 valence electrons. The Balaban J connectivity index is 2.05. The fourth-order valence-electron chi connectivity index (χ4n) is 2.51. The molecular weight excluding hydrogens is 341 g/mol. The van der Waals surface area contributed by atoms with Crippen LogP contribution in [0.4, 0.5) is 10.1 Å². The molecule has 0 bridgehead atoms. The monoisotopic (exact) mass is 359 g/mol. The molecule has 2 rings (SSSR count). The van der Waals surface area contributed by atoms with Gasteiger partial charge in [0.1, 0.15) is 4.99 Å². The van der Waals surface area contributed by atoms with Gasteiger partial charge in [-0.3, -0.25) is 0 Å². The van der Waals surface area contributed by atoms with Crippen molar-refractivity contribution in [3.63, 3.8) is 0 Å². The Hall–Kier alpha value is -0.720. The first-order valence-electron chi connectivity index (χ1n) is 6.75. The predicted octanol–water partition coefficient (Wildman–Crippen LogP) is 3.12. The first kappa shape index (κ1) is 15.7. The molecule has 1 aliphatic heterocycles. The predicted molar refractivity (Wildman–Crippen MR) is 88.7 cm³/mol. The van der Waals surface area contributed by atoms with E-state index in [9.17, 15) is 4.39 Å². The summed E-state index contributed by atoms with van der Waals surface area (Å²) in [4.78, 5) is 2.58. The molecule has 20 heavy (non-hydrogen) atoms. The molecular formula is C14H19BrFN3S. The van der Waals surface area contributed by atoms with E-state index >= 15 is 0 Å². The van der Waals surface area contributed by atoms with Crippen molar-refractivity contribution in [3.8, 4) is 0 Å². The van der Waals surface area contributed by atoms with E-state index < -0.39 is 0 Å². The normalized spacial score (nSPS) is 17.1. The molecule has 1 heterocycles. The summed E-state index contributed by atoms with van der Waals surface area (Å²) in [6.07, 6.45) is 2.52. The summed E-state index contributed by atoms with van der Waals surface area (Å²) in [5.41, 5.74) is 6.55. The number of anilines is 1. The minimum Gasteiger partial charge on any atom is -0.389 e. The Labute approximate surface area is 132 Å². The van der Waals surface area contributed by atoms with Gasteiger partial charge < -0.3 is 16.0 Å². The van der Waals surface area contributed by atoms with Gasteiger partial charge in [-0.05, 0) is 60.9 Å². The zero-order valence-corrected chi connectivity index (χ0v) is 13.9. The van der Waals surface area contributed by atoms with Crippen molar-refractivity contribution in [2.24, 2.45) is 5.73 Å². The number of nitrogens with zero attached hydrogens (tertiary/aromatic N) is 1. The first-order chi connectivity index (χ1) is 9.49. The topological polar surface area (TPSA) is 41.3 Å². The van der Waals surface area contributed by atoms with Gasteiger partial charge >= 0.3 is 0 Å². The lowest BCUT2D eigenvalue weighted by Gasteiger charge is -2.22. The van der Waals surface area contributed by atoms with E-state index in [1.807, 2.05) is 0 Å². The number of rotatable bonds is 5. The van der Waals surface area contributed by atoms with Crippen molar-refractivity contribution in [1.82, 2.24) is 4.90 Å². The molecule has 0 radical (unpaired) electrons. The van der Waals surface area contributed by atoms with Crippen LogP contribution in [0.15, 0.2) is 16.6 Å². The smallest absolute Gasteiger partial charge is 0.161 e. The summed E-state index contributed by atoms with van der Waals surface area (Å²) in [5.74, 6) is -0.344. The minimum atomic E-state index is -0.344. The van der Waals surface area contributed by atoms with Gasteiger partial charge in [-0.25, -0.2) is 4.39 Å². The van der Waals surface area contributed by atoms with Crippen LogP contribution >= 0.6 is 28.1 Å². The average Bonchev–Trinajstić information content (AvgIpc) is 2.87. The van der Waals surface area contributed by atoms with Crippen molar-refractivity contribution in [2.75, 3.05) is 25.0 Å². The van der Waals surface area contributed by atoms with Crippen LogP contribution in [0.25, 0.3) is 0 Å². The van der Waals surface area contributed by atoms with Gasteiger partial charge in [0.2, 0.25) is 0 Å². The number of nitrogens with two attached hydrogens (primary N) is 1. The first-order valence-corrected chi connectivity index (χ1v) is 7.96. The average molecular weight is 360 g/mol. The quantitative estimate of drug-likeness (QED) is 0.792. The molecule has 1 fully saturated rings. The van der Waals surface area contributed by atoms with Crippen LogP contribution in [-0.4, -0.2) is 35.6 Å². The van der Waals surface area contributed by atoms with E-state index in [0.717, 1.165) is 19.6 Å². The van der Waals surface area contributed by atoms with Gasteiger partial charge in [0, 0.05) is 18.2 Å². The summed E-state index contributed by atoms with van der Waals surface area (Å²) in [6.45, 7) is 5.26. The van der Waals surface area contributed by atoms with Crippen molar-refractivity contribution >= 4 is 38.8 Å². The zero-order valence-electron chi connectivity index (χ0n) is 11.5. The molecule has 6 heteroatoms. The highest BCUT2D eigenvalue weighted by atomic mass is 79.9. The minimum absolute atomic E-state index is 0.185. The molecule has 1 unspecified atom stereocenters. The van der Waals surface area contributed by atoms with E-state index in [1.54, 1.807) is 12.1 Å². The van der Waals surface area contributed by atoms with Crippen LogP contribution in [0.1, 0.15) is 25.3 Å². The standard InChI is InChI=1S/C14H19BrFN3S/c1-9(8-19-6-2-3-7-19)18-11-5-4-10(14(17)20)12(15)13(11)16/h4-5,9,18H,2-3,6-8H2,1H3,(H2,17,20). The molecule has 3 nitrogen and oxygen atoms in total. The number of thiocarbonyl (C=S) groups is 1. The molecule has 1 saturated heterocycles. The number of halogens is 2. The Morgan fingerprint density at radius 3 is 2.75 bits per heavy atom. The lowest BCUT2D eigenvalue weighted by molar-refractivity contribution is 0.327. The van der Waals surface area contributed by atoms with Gasteiger partial charge in [0.05, 0.1) is 10.2 Å². The highest BCUT2D eigenvalue weighted by molar-refractivity contribution is 9.10. The molecule has 1 aliphatic rings. The van der Waals surface area contributed by atoms with Gasteiger partial charge in [0.15, 0.2) is 5.82 Å². The van der Waals surface area contributed by atoms with Crippen molar-refractivity contribution in [2.45, 2.75) is 25.8 Å². The number of benzene rings is 1. The summed E-state index contributed by atoms with van der Waals surface area (Å²) >= 11 is 8.11. The number of hydrogen-bond acceptors (Lipinski definition) is 3. The van der Waals surface area contributed by atoms with Gasteiger partial charge in [-0.15, -0.1) is 0 Å². The highest BCUT2D eigenvalue weighted by Crippen LogP contribution is 2.27. The molecule has 0 saturated carbocycles. The summed E-state index contributed by atoms with van der Waals surface area (Å²) < 4.78 is 14.6. The molecule has 0 amide bonds. The van der Waals surface area contributed by atoms with E-state index in [1.165, 1.54) is 12.8 Å². The lowest BCUT2D eigenvalue weighted by Crippen LogP contribution is -2.33. The van der Waals surface area contributed by atoms with Gasteiger partial charge in [0.25, 0.3) is 0 Å². The molecule has 3 N–H and O–H groups in total. The van der Waals surface area contributed by atoms with Crippen LogP contribution < -0.4 is 11.1 Å². The second-order valence-corrected chi connectivity index (χ2v) is 6.44. The van der Waals surface area contributed by atoms with Gasteiger partial charge in [-0.2, -0.15) is 0 Å². The van der Waals surface area contributed by atoms with Crippen molar-refractivity contribution < 1.29 is 4.39 Å². The molecule has 0 aliphatic carbocycles. The van der Waals surface area contributed by atoms with E-state index in [2.05, 4.69) is 33.1 Å². The largest absolute Gasteiger partial charge is 0.389 e.